The molecule has 3 aromatic rings. The van der Waals surface area contributed by atoms with Crippen molar-refractivity contribution in [2.24, 2.45) is 0 Å². The quantitative estimate of drug-likeness (QED) is 0.478. The molecule has 0 fully saturated rings. The molecule has 7 heteroatoms. The van der Waals surface area contributed by atoms with E-state index in [9.17, 15) is 14.4 Å². The molecule has 0 radical (unpaired) electrons. The van der Waals surface area contributed by atoms with Crippen molar-refractivity contribution in [1.82, 2.24) is 4.98 Å². The van der Waals surface area contributed by atoms with Crippen molar-refractivity contribution >= 4 is 29.0 Å². The molecule has 0 aliphatic heterocycles. The zero-order valence-electron chi connectivity index (χ0n) is 15.0. The Hall–Kier alpha value is -3.50. The molecule has 0 bridgehead atoms. The third kappa shape index (κ3) is 4.81. The van der Waals surface area contributed by atoms with Crippen molar-refractivity contribution in [3.63, 3.8) is 0 Å². The number of anilines is 1. The van der Waals surface area contributed by atoms with Crippen LogP contribution < -0.4 is 10.1 Å². The van der Waals surface area contributed by atoms with Gasteiger partial charge in [0.1, 0.15) is 28.2 Å². The van der Waals surface area contributed by atoms with Crippen LogP contribution in [0.15, 0.2) is 59.5 Å². The Labute approximate surface area is 165 Å². The van der Waals surface area contributed by atoms with E-state index < -0.39 is 5.91 Å². The van der Waals surface area contributed by atoms with Gasteiger partial charge in [-0.3, -0.25) is 4.79 Å². The molecule has 1 amide bonds. The van der Waals surface area contributed by atoms with Crippen LogP contribution in [0.25, 0.3) is 16.6 Å². The number of nitrogens with zero attached hydrogens (tertiary/aromatic N) is 2. The molecule has 0 spiro atoms. The Bertz CT molecular complexity index is 1030. The maximum absolute atomic E-state index is 13.0. The number of amides is 1. The van der Waals surface area contributed by atoms with Crippen LogP contribution in [0.4, 0.5) is 10.1 Å². The second-order valence-electron chi connectivity index (χ2n) is 5.67. The summed E-state index contributed by atoms with van der Waals surface area (Å²) >= 11 is 1.35. The highest BCUT2D eigenvalue weighted by Gasteiger charge is 2.11. The first-order chi connectivity index (χ1) is 13.6. The molecule has 0 atom stereocenters. The SMILES string of the molecule is CCOc1ccc(NC(=O)/C(C#N)=C/c2csc(-c3ccc(F)cc3)n2)cc1. The van der Waals surface area contributed by atoms with Crippen LogP contribution in [0, 0.1) is 17.1 Å². The number of benzene rings is 2. The van der Waals surface area contributed by atoms with Crippen LogP contribution >= 0.6 is 11.3 Å². The van der Waals surface area contributed by atoms with Crippen molar-refractivity contribution in [3.05, 3.63) is 71.0 Å². The van der Waals surface area contributed by atoms with Crippen molar-refractivity contribution in [1.29, 1.82) is 5.26 Å². The summed E-state index contributed by atoms with van der Waals surface area (Å²) < 4.78 is 18.4. The topological polar surface area (TPSA) is 75.0 Å². The van der Waals surface area contributed by atoms with Crippen LogP contribution in [-0.2, 0) is 4.79 Å². The Balaban J connectivity index is 1.73. The van der Waals surface area contributed by atoms with Gasteiger partial charge in [0.2, 0.25) is 0 Å². The summed E-state index contributed by atoms with van der Waals surface area (Å²) in [5.41, 5.74) is 1.75. The number of aromatic nitrogens is 1. The van der Waals surface area contributed by atoms with Gasteiger partial charge in [-0.05, 0) is 61.5 Å². The van der Waals surface area contributed by atoms with Gasteiger partial charge in [-0.2, -0.15) is 5.26 Å². The molecule has 1 aromatic heterocycles. The number of ether oxygens (including phenoxy) is 1. The first-order valence-electron chi connectivity index (χ1n) is 8.46. The van der Waals surface area contributed by atoms with Crippen LogP contribution in [0.1, 0.15) is 12.6 Å². The molecule has 0 saturated heterocycles. The second kappa shape index (κ2) is 8.93. The highest BCUT2D eigenvalue weighted by atomic mass is 32.1. The number of hydrogen-bond acceptors (Lipinski definition) is 5. The van der Waals surface area contributed by atoms with E-state index in [1.54, 1.807) is 41.8 Å². The molecule has 0 saturated carbocycles. The zero-order valence-corrected chi connectivity index (χ0v) is 15.8. The van der Waals surface area contributed by atoms with Crippen molar-refractivity contribution in [2.75, 3.05) is 11.9 Å². The lowest BCUT2D eigenvalue weighted by molar-refractivity contribution is -0.112. The maximum Gasteiger partial charge on any atom is 0.266 e. The van der Waals surface area contributed by atoms with Crippen molar-refractivity contribution in [3.8, 4) is 22.4 Å². The predicted octanol–water partition coefficient (Wildman–Crippen LogP) is 4.89. The van der Waals surface area contributed by atoms with Gasteiger partial charge in [0, 0.05) is 16.6 Å². The first-order valence-corrected chi connectivity index (χ1v) is 9.34. The monoisotopic (exact) mass is 393 g/mol. The normalized spacial score (nSPS) is 11.0. The summed E-state index contributed by atoms with van der Waals surface area (Å²) in [6, 6.07) is 14.8. The molecule has 140 valence electrons. The number of halogens is 1. The van der Waals surface area contributed by atoms with Crippen LogP contribution in [0.3, 0.4) is 0 Å². The van der Waals surface area contributed by atoms with E-state index in [-0.39, 0.29) is 11.4 Å². The molecule has 5 nitrogen and oxygen atoms in total. The van der Waals surface area contributed by atoms with E-state index in [0.717, 1.165) is 5.56 Å². The largest absolute Gasteiger partial charge is 0.494 e. The lowest BCUT2D eigenvalue weighted by Gasteiger charge is -2.06. The molecule has 1 heterocycles. The van der Waals surface area contributed by atoms with Crippen molar-refractivity contribution < 1.29 is 13.9 Å². The molecule has 3 rings (SSSR count). The number of thiazole rings is 1. The Kier molecular flexibility index (Phi) is 6.14. The second-order valence-corrected chi connectivity index (χ2v) is 6.52. The van der Waals surface area contributed by atoms with E-state index in [0.29, 0.717) is 28.7 Å². The van der Waals surface area contributed by atoms with Crippen LogP contribution in [0.2, 0.25) is 0 Å². The maximum atomic E-state index is 13.0. The Morgan fingerprint density at radius 3 is 2.61 bits per heavy atom. The van der Waals surface area contributed by atoms with Gasteiger partial charge in [0.05, 0.1) is 12.3 Å². The van der Waals surface area contributed by atoms with Gasteiger partial charge in [0.15, 0.2) is 0 Å². The molecule has 28 heavy (non-hydrogen) atoms. The molecule has 0 unspecified atom stereocenters. The molecule has 0 aliphatic carbocycles. The summed E-state index contributed by atoms with van der Waals surface area (Å²) in [5, 5.41) is 14.4. The zero-order chi connectivity index (χ0) is 19.9. The number of nitriles is 1. The summed E-state index contributed by atoms with van der Waals surface area (Å²) in [6.45, 7) is 2.44. The minimum atomic E-state index is -0.525. The summed E-state index contributed by atoms with van der Waals surface area (Å²) in [4.78, 5) is 16.8. The van der Waals surface area contributed by atoms with Crippen molar-refractivity contribution in [2.45, 2.75) is 6.92 Å². The van der Waals surface area contributed by atoms with E-state index in [4.69, 9.17) is 4.74 Å². The lowest BCUT2D eigenvalue weighted by atomic mass is 10.2. The van der Waals surface area contributed by atoms with Gasteiger partial charge in [-0.25, -0.2) is 9.37 Å². The minimum absolute atomic E-state index is 0.0650. The molecule has 2 aromatic carbocycles. The Morgan fingerprint density at radius 2 is 1.96 bits per heavy atom. The third-order valence-corrected chi connectivity index (χ3v) is 4.60. The van der Waals surface area contributed by atoms with E-state index >= 15 is 0 Å². The lowest BCUT2D eigenvalue weighted by Crippen LogP contribution is -2.13. The number of carbonyl (C=O) groups excluding carboxylic acids is 1. The van der Waals surface area contributed by atoms with Gasteiger partial charge < -0.3 is 10.1 Å². The number of rotatable bonds is 6. The average Bonchev–Trinajstić information content (AvgIpc) is 3.17. The van der Waals surface area contributed by atoms with Gasteiger partial charge in [0.25, 0.3) is 5.91 Å². The third-order valence-electron chi connectivity index (χ3n) is 3.69. The number of hydrogen-bond donors (Lipinski definition) is 1. The van der Waals surface area contributed by atoms with Gasteiger partial charge in [-0.15, -0.1) is 11.3 Å². The smallest absolute Gasteiger partial charge is 0.266 e. The minimum Gasteiger partial charge on any atom is -0.494 e. The van der Waals surface area contributed by atoms with E-state index in [2.05, 4.69) is 10.3 Å². The molecular weight excluding hydrogens is 377 g/mol. The summed E-state index contributed by atoms with van der Waals surface area (Å²) in [6.07, 6.45) is 1.42. The molecule has 0 aliphatic rings. The fraction of sp³-hybridized carbons (Fsp3) is 0.0952. The Morgan fingerprint density at radius 1 is 1.25 bits per heavy atom. The summed E-state index contributed by atoms with van der Waals surface area (Å²) in [5.74, 6) is -0.145. The summed E-state index contributed by atoms with van der Waals surface area (Å²) in [7, 11) is 0. The average molecular weight is 393 g/mol. The van der Waals surface area contributed by atoms with E-state index in [1.165, 1.54) is 29.5 Å². The van der Waals surface area contributed by atoms with E-state index in [1.807, 2.05) is 13.0 Å². The first kappa shape index (κ1) is 19.3. The highest BCUT2D eigenvalue weighted by Crippen LogP contribution is 2.25. The standard InChI is InChI=1S/C21H16FN3O2S/c1-2-27-19-9-7-17(8-10-19)24-20(26)15(12-23)11-18-13-28-21(25-18)14-3-5-16(22)6-4-14/h3-11,13H,2H2,1H3,(H,24,26)/b15-11+. The number of carbonyl (C=O) groups is 1. The van der Waals surface area contributed by atoms with Gasteiger partial charge >= 0.3 is 0 Å². The molecular formula is C21H16FN3O2S. The van der Waals surface area contributed by atoms with Gasteiger partial charge in [-0.1, -0.05) is 0 Å². The predicted molar refractivity (Wildman–Crippen MR) is 107 cm³/mol. The van der Waals surface area contributed by atoms with Crippen LogP contribution in [0.5, 0.6) is 5.75 Å². The fourth-order valence-electron chi connectivity index (χ4n) is 2.37. The number of nitrogens with one attached hydrogen (secondary N) is 1. The fourth-order valence-corrected chi connectivity index (χ4v) is 3.16. The highest BCUT2D eigenvalue weighted by molar-refractivity contribution is 7.13. The molecule has 1 N–H and O–H groups in total. The van der Waals surface area contributed by atoms with Crippen LogP contribution in [-0.4, -0.2) is 17.5 Å².